The van der Waals surface area contributed by atoms with Crippen LogP contribution in [0.4, 0.5) is 0 Å². The summed E-state index contributed by atoms with van der Waals surface area (Å²) in [6, 6.07) is -0.0644. The fourth-order valence-corrected chi connectivity index (χ4v) is 3.18. The van der Waals surface area contributed by atoms with Crippen LogP contribution in [-0.4, -0.2) is 39.9 Å². The van der Waals surface area contributed by atoms with Crippen LogP contribution in [0.2, 0.25) is 0 Å². The highest BCUT2D eigenvalue weighted by Crippen LogP contribution is 2.37. The minimum atomic E-state index is -0.0644. The fourth-order valence-electron chi connectivity index (χ4n) is 3.18. The molecule has 0 bridgehead atoms. The monoisotopic (exact) mass is 348 g/mol. The van der Waals surface area contributed by atoms with Crippen LogP contribution in [0.3, 0.4) is 0 Å². The second-order valence-electron chi connectivity index (χ2n) is 7.54. The van der Waals surface area contributed by atoms with Crippen molar-refractivity contribution in [3.8, 4) is 0 Å². The molecular formula is C18H28N4O3. The van der Waals surface area contributed by atoms with Gasteiger partial charge in [-0.2, -0.15) is 4.98 Å². The Kier molecular flexibility index (Phi) is 5.71. The summed E-state index contributed by atoms with van der Waals surface area (Å²) in [5, 5.41) is 6.97. The highest BCUT2D eigenvalue weighted by molar-refractivity contribution is 5.81. The summed E-state index contributed by atoms with van der Waals surface area (Å²) in [5.41, 5.74) is 0. The smallest absolute Gasteiger partial charge is 0.227 e. The van der Waals surface area contributed by atoms with Crippen molar-refractivity contribution in [3.63, 3.8) is 0 Å². The predicted molar refractivity (Wildman–Crippen MR) is 91.5 cm³/mol. The van der Waals surface area contributed by atoms with Crippen molar-refractivity contribution in [3.05, 3.63) is 11.7 Å². The van der Waals surface area contributed by atoms with Crippen LogP contribution >= 0.6 is 0 Å². The van der Waals surface area contributed by atoms with Crippen molar-refractivity contribution >= 4 is 11.8 Å². The average molecular weight is 348 g/mol. The Morgan fingerprint density at radius 1 is 1.32 bits per heavy atom. The van der Waals surface area contributed by atoms with Gasteiger partial charge < -0.3 is 14.7 Å². The molecule has 0 spiro atoms. The zero-order valence-electron chi connectivity index (χ0n) is 15.2. The van der Waals surface area contributed by atoms with Gasteiger partial charge in [0.05, 0.1) is 6.04 Å². The lowest BCUT2D eigenvalue weighted by molar-refractivity contribution is -0.133. The van der Waals surface area contributed by atoms with E-state index in [2.05, 4.69) is 29.3 Å². The molecule has 7 nitrogen and oxygen atoms in total. The molecule has 1 saturated carbocycles. The predicted octanol–water partition coefficient (Wildman–Crippen LogP) is 2.24. The number of nitrogens with zero attached hydrogens (tertiary/aromatic N) is 3. The van der Waals surface area contributed by atoms with Crippen LogP contribution in [0, 0.1) is 11.8 Å². The van der Waals surface area contributed by atoms with Gasteiger partial charge in [0.15, 0.2) is 5.82 Å². The van der Waals surface area contributed by atoms with E-state index in [9.17, 15) is 9.59 Å². The van der Waals surface area contributed by atoms with Crippen molar-refractivity contribution in [2.45, 2.75) is 64.8 Å². The van der Waals surface area contributed by atoms with Crippen molar-refractivity contribution in [2.75, 3.05) is 13.1 Å². The number of aryl methyl sites for hydroxylation is 1. The van der Waals surface area contributed by atoms with E-state index in [1.54, 1.807) is 0 Å². The number of rotatable bonds is 8. The molecule has 1 saturated heterocycles. The second-order valence-corrected chi connectivity index (χ2v) is 7.54. The van der Waals surface area contributed by atoms with Gasteiger partial charge in [-0.25, -0.2) is 0 Å². The molecule has 1 N–H and O–H groups in total. The number of hydrogen-bond donors (Lipinski definition) is 1. The summed E-state index contributed by atoms with van der Waals surface area (Å²) >= 11 is 0. The molecule has 0 radical (unpaired) electrons. The number of amides is 2. The third-order valence-corrected chi connectivity index (χ3v) is 4.85. The van der Waals surface area contributed by atoms with Crippen LogP contribution in [0.15, 0.2) is 4.52 Å². The molecule has 2 heterocycles. The molecule has 7 heteroatoms. The number of carbonyl (C=O) groups excluding carboxylic acids is 2. The number of nitrogens with one attached hydrogen (secondary N) is 1. The molecule has 2 aliphatic rings. The van der Waals surface area contributed by atoms with E-state index in [0.29, 0.717) is 37.0 Å². The molecule has 0 aromatic carbocycles. The first-order chi connectivity index (χ1) is 12.0. The lowest BCUT2D eigenvalue weighted by Gasteiger charge is -2.21. The Morgan fingerprint density at radius 2 is 2.12 bits per heavy atom. The van der Waals surface area contributed by atoms with E-state index in [-0.39, 0.29) is 23.8 Å². The van der Waals surface area contributed by atoms with Crippen LogP contribution in [0.25, 0.3) is 0 Å². The quantitative estimate of drug-likeness (QED) is 0.778. The maximum atomic E-state index is 12.3. The maximum Gasteiger partial charge on any atom is 0.227 e. The molecule has 1 unspecified atom stereocenters. The lowest BCUT2D eigenvalue weighted by atomic mass is 10.1. The van der Waals surface area contributed by atoms with E-state index in [1.165, 1.54) is 0 Å². The highest BCUT2D eigenvalue weighted by Gasteiger charge is 2.40. The Balaban J connectivity index is 1.48. The van der Waals surface area contributed by atoms with Crippen molar-refractivity contribution in [2.24, 2.45) is 11.8 Å². The Morgan fingerprint density at radius 3 is 2.84 bits per heavy atom. The summed E-state index contributed by atoms with van der Waals surface area (Å²) in [4.78, 5) is 30.5. The van der Waals surface area contributed by atoms with Gasteiger partial charge in [-0.15, -0.1) is 0 Å². The highest BCUT2D eigenvalue weighted by atomic mass is 16.5. The van der Waals surface area contributed by atoms with Crippen molar-refractivity contribution in [1.29, 1.82) is 0 Å². The summed E-state index contributed by atoms with van der Waals surface area (Å²) in [6.07, 6.45) is 5.62. The molecule has 138 valence electrons. The van der Waals surface area contributed by atoms with Crippen LogP contribution in [-0.2, 0) is 16.0 Å². The SMILES string of the molecule is CC(C)CCNC(=O)CCc1nc(C2CCCN2C(=O)C2CC2)no1. The molecule has 1 aromatic heterocycles. The van der Waals surface area contributed by atoms with Gasteiger partial charge in [0.1, 0.15) is 0 Å². The fraction of sp³-hybridized carbons (Fsp3) is 0.778. The summed E-state index contributed by atoms with van der Waals surface area (Å²) < 4.78 is 5.30. The Hall–Kier alpha value is -1.92. The van der Waals surface area contributed by atoms with Gasteiger partial charge in [-0.3, -0.25) is 9.59 Å². The van der Waals surface area contributed by atoms with Gasteiger partial charge in [0.2, 0.25) is 17.7 Å². The van der Waals surface area contributed by atoms with E-state index in [4.69, 9.17) is 4.52 Å². The van der Waals surface area contributed by atoms with Crippen molar-refractivity contribution < 1.29 is 14.1 Å². The van der Waals surface area contributed by atoms with Gasteiger partial charge >= 0.3 is 0 Å². The number of aromatic nitrogens is 2. The Bertz CT molecular complexity index is 609. The van der Waals surface area contributed by atoms with Crippen LogP contribution < -0.4 is 5.32 Å². The van der Waals surface area contributed by atoms with E-state index >= 15 is 0 Å². The third kappa shape index (κ3) is 4.80. The van der Waals surface area contributed by atoms with Gasteiger partial charge in [0, 0.05) is 31.8 Å². The molecule has 1 aliphatic heterocycles. The van der Waals surface area contributed by atoms with Gasteiger partial charge in [-0.05, 0) is 38.0 Å². The zero-order chi connectivity index (χ0) is 17.8. The molecule has 1 atom stereocenters. The van der Waals surface area contributed by atoms with Crippen LogP contribution in [0.1, 0.15) is 70.1 Å². The minimum absolute atomic E-state index is 0.00630. The summed E-state index contributed by atoms with van der Waals surface area (Å²) in [5.74, 6) is 2.08. The van der Waals surface area contributed by atoms with E-state index in [0.717, 1.165) is 38.6 Å². The molecule has 3 rings (SSSR count). The summed E-state index contributed by atoms with van der Waals surface area (Å²) in [7, 11) is 0. The molecule has 2 fully saturated rings. The van der Waals surface area contributed by atoms with E-state index < -0.39 is 0 Å². The first kappa shape index (κ1) is 17.9. The molecular weight excluding hydrogens is 320 g/mol. The summed E-state index contributed by atoms with van der Waals surface area (Å²) in [6.45, 7) is 5.74. The van der Waals surface area contributed by atoms with Gasteiger partial charge in [-0.1, -0.05) is 19.0 Å². The number of hydrogen-bond acceptors (Lipinski definition) is 5. The lowest BCUT2D eigenvalue weighted by Crippen LogP contribution is -2.32. The first-order valence-electron chi connectivity index (χ1n) is 9.44. The normalized spacial score (nSPS) is 20.3. The molecule has 25 heavy (non-hydrogen) atoms. The minimum Gasteiger partial charge on any atom is -0.356 e. The number of carbonyl (C=O) groups is 2. The maximum absolute atomic E-state index is 12.3. The van der Waals surface area contributed by atoms with E-state index in [1.807, 2.05) is 4.90 Å². The largest absolute Gasteiger partial charge is 0.356 e. The standard InChI is InChI=1S/C18H28N4O3/c1-12(2)9-10-19-15(23)7-8-16-20-17(21-25-16)14-4-3-11-22(14)18(24)13-5-6-13/h12-14H,3-11H2,1-2H3,(H,19,23). The first-order valence-corrected chi connectivity index (χ1v) is 9.44. The topological polar surface area (TPSA) is 88.3 Å². The third-order valence-electron chi connectivity index (χ3n) is 4.85. The van der Waals surface area contributed by atoms with Gasteiger partial charge in [0.25, 0.3) is 0 Å². The second kappa shape index (κ2) is 7.97. The Labute approximate surface area is 148 Å². The van der Waals surface area contributed by atoms with Crippen LogP contribution in [0.5, 0.6) is 0 Å². The molecule has 2 amide bonds. The van der Waals surface area contributed by atoms with Crippen molar-refractivity contribution in [1.82, 2.24) is 20.4 Å². The average Bonchev–Trinajstić information content (AvgIpc) is 3.12. The molecule has 1 aromatic rings. The number of likely N-dealkylation sites (tertiary alicyclic amines) is 1. The zero-order valence-corrected chi connectivity index (χ0v) is 15.2. The molecule has 1 aliphatic carbocycles.